The molecule has 35 heavy (non-hydrogen) atoms. The maximum Gasteiger partial charge on any atom is 0.410 e. The molecule has 2 aliphatic rings. The average molecular weight is 482 g/mol. The topological polar surface area (TPSA) is 98.5 Å². The first kappa shape index (κ1) is 24.6. The molecular formula is C25H32FN7O2. The van der Waals surface area contributed by atoms with Crippen LogP contribution in [0.15, 0.2) is 24.7 Å². The predicted octanol–water partition coefficient (Wildman–Crippen LogP) is 3.96. The molecule has 1 fully saturated rings. The molecule has 4 rings (SSSR count). The minimum atomic E-state index is -0.860. The summed E-state index contributed by atoms with van der Waals surface area (Å²) in [4.78, 5) is 32.0. The molecule has 0 aromatic carbocycles. The third-order valence-corrected chi connectivity index (χ3v) is 6.51. The molecule has 0 bridgehead atoms. The van der Waals surface area contributed by atoms with Gasteiger partial charge in [0.15, 0.2) is 0 Å². The number of alkyl halides is 1. The maximum atomic E-state index is 14.6. The molecule has 186 valence electrons. The van der Waals surface area contributed by atoms with Gasteiger partial charge in [0.25, 0.3) is 0 Å². The molecule has 0 N–H and O–H groups in total. The number of nitrogens with zero attached hydrogens (tertiary/aromatic N) is 7. The van der Waals surface area contributed by atoms with Crippen molar-refractivity contribution in [3.63, 3.8) is 0 Å². The van der Waals surface area contributed by atoms with Crippen LogP contribution in [0.4, 0.5) is 26.6 Å². The zero-order chi connectivity index (χ0) is 25.5. The van der Waals surface area contributed by atoms with Crippen molar-refractivity contribution in [2.75, 3.05) is 36.1 Å². The molecule has 2 aliphatic heterocycles. The van der Waals surface area contributed by atoms with Crippen LogP contribution in [0.5, 0.6) is 0 Å². The first-order valence-corrected chi connectivity index (χ1v) is 11.8. The van der Waals surface area contributed by atoms with E-state index in [0.29, 0.717) is 42.7 Å². The Labute approximate surface area is 205 Å². The largest absolute Gasteiger partial charge is 0.444 e. The van der Waals surface area contributed by atoms with E-state index in [1.165, 1.54) is 6.33 Å². The number of halogens is 1. The highest BCUT2D eigenvalue weighted by Gasteiger charge is 2.46. The molecule has 2 aromatic heterocycles. The fourth-order valence-corrected chi connectivity index (χ4v) is 4.76. The van der Waals surface area contributed by atoms with Crippen LogP contribution in [0.25, 0.3) is 0 Å². The van der Waals surface area contributed by atoms with Crippen LogP contribution in [0.3, 0.4) is 0 Å². The predicted molar refractivity (Wildman–Crippen MR) is 131 cm³/mol. The van der Waals surface area contributed by atoms with Gasteiger partial charge in [-0.2, -0.15) is 5.26 Å². The smallest absolute Gasteiger partial charge is 0.410 e. The Morgan fingerprint density at radius 2 is 1.94 bits per heavy atom. The van der Waals surface area contributed by atoms with Gasteiger partial charge in [-0.05, 0) is 46.8 Å². The fraction of sp³-hybridized carbons (Fsp3) is 0.560. The van der Waals surface area contributed by atoms with Gasteiger partial charge in [-0.3, -0.25) is 4.39 Å². The highest BCUT2D eigenvalue weighted by atomic mass is 19.1. The van der Waals surface area contributed by atoms with E-state index in [-0.39, 0.29) is 18.2 Å². The standard InChI is InChI=1S/C25H32FN7O2/c1-16-12-32(23(34)35-24(3,4)5)17(2)11-31(16)21-20-22(30-15-29-21)33(14-25(20,6)13-26)19-9-18(10-27)7-8-28-19/h7-9,15-17H,11-14H2,1-6H3/t16-,17+,25?/m0/s1. The van der Waals surface area contributed by atoms with Crippen molar-refractivity contribution in [2.24, 2.45) is 0 Å². The van der Waals surface area contributed by atoms with Gasteiger partial charge in [0, 0.05) is 48.9 Å². The first-order chi connectivity index (χ1) is 16.5. The summed E-state index contributed by atoms with van der Waals surface area (Å²) in [6.45, 7) is 12.1. The molecule has 2 aromatic rings. The van der Waals surface area contributed by atoms with E-state index in [4.69, 9.17) is 4.74 Å². The van der Waals surface area contributed by atoms with Gasteiger partial charge >= 0.3 is 6.09 Å². The number of carbonyl (C=O) groups excluding carboxylic acids is 1. The average Bonchev–Trinajstić information content (AvgIpc) is 3.13. The lowest BCUT2D eigenvalue weighted by Gasteiger charge is -2.45. The number of pyridine rings is 1. The number of hydrogen-bond acceptors (Lipinski definition) is 8. The second kappa shape index (κ2) is 8.95. The Morgan fingerprint density at radius 3 is 2.60 bits per heavy atom. The minimum absolute atomic E-state index is 0.0735. The van der Waals surface area contributed by atoms with E-state index >= 15 is 0 Å². The van der Waals surface area contributed by atoms with E-state index in [9.17, 15) is 14.4 Å². The Morgan fingerprint density at radius 1 is 1.23 bits per heavy atom. The summed E-state index contributed by atoms with van der Waals surface area (Å²) >= 11 is 0. The van der Waals surface area contributed by atoms with E-state index < -0.39 is 17.7 Å². The molecular weight excluding hydrogens is 449 g/mol. The summed E-state index contributed by atoms with van der Waals surface area (Å²) in [6, 6.07) is 5.24. The number of hydrogen-bond donors (Lipinski definition) is 0. The lowest BCUT2D eigenvalue weighted by molar-refractivity contribution is 0.0129. The van der Waals surface area contributed by atoms with Crippen LogP contribution in [0.2, 0.25) is 0 Å². The van der Waals surface area contributed by atoms with Crippen LogP contribution in [-0.2, 0) is 10.2 Å². The molecule has 0 saturated carbocycles. The second-order valence-electron chi connectivity index (χ2n) is 10.7. The highest BCUT2D eigenvalue weighted by molar-refractivity contribution is 5.75. The summed E-state index contributed by atoms with van der Waals surface area (Å²) in [5.74, 6) is 1.80. The van der Waals surface area contributed by atoms with Gasteiger partial charge in [0.2, 0.25) is 0 Å². The van der Waals surface area contributed by atoms with Gasteiger partial charge in [-0.1, -0.05) is 6.92 Å². The van der Waals surface area contributed by atoms with Crippen LogP contribution in [-0.4, -0.2) is 69.9 Å². The molecule has 1 unspecified atom stereocenters. The molecule has 9 nitrogen and oxygen atoms in total. The summed E-state index contributed by atoms with van der Waals surface area (Å²) in [6.07, 6.45) is 2.71. The van der Waals surface area contributed by atoms with E-state index in [2.05, 4.69) is 25.9 Å². The summed E-state index contributed by atoms with van der Waals surface area (Å²) < 4.78 is 20.2. The Hall–Kier alpha value is -3.48. The monoisotopic (exact) mass is 481 g/mol. The Balaban J connectivity index is 1.70. The third kappa shape index (κ3) is 4.59. The van der Waals surface area contributed by atoms with Crippen molar-refractivity contribution in [1.29, 1.82) is 5.26 Å². The van der Waals surface area contributed by atoms with Crippen molar-refractivity contribution in [2.45, 2.75) is 64.6 Å². The quantitative estimate of drug-likeness (QED) is 0.650. The van der Waals surface area contributed by atoms with Crippen LogP contribution >= 0.6 is 0 Å². The van der Waals surface area contributed by atoms with Crippen molar-refractivity contribution in [1.82, 2.24) is 19.9 Å². The SMILES string of the molecule is C[C@@H]1CN(c2ncnc3c2C(C)(CF)CN3c2cc(C#N)ccn2)[C@@H](C)CN1C(=O)OC(C)(C)C. The molecule has 1 amide bonds. The molecule has 3 atom stereocenters. The number of piperazine rings is 1. The van der Waals surface area contributed by atoms with E-state index in [0.717, 1.165) is 5.56 Å². The number of rotatable bonds is 3. The van der Waals surface area contributed by atoms with Crippen LogP contribution in [0, 0.1) is 11.3 Å². The summed E-state index contributed by atoms with van der Waals surface area (Å²) in [7, 11) is 0. The van der Waals surface area contributed by atoms with Crippen molar-refractivity contribution in [3.05, 3.63) is 35.8 Å². The molecule has 0 aliphatic carbocycles. The van der Waals surface area contributed by atoms with Gasteiger partial charge < -0.3 is 19.4 Å². The Kier molecular flexibility index (Phi) is 6.30. The van der Waals surface area contributed by atoms with E-state index in [1.807, 2.05) is 46.4 Å². The normalized spacial score (nSPS) is 24.2. The molecule has 1 saturated heterocycles. The van der Waals surface area contributed by atoms with Gasteiger partial charge in [0.05, 0.1) is 11.6 Å². The van der Waals surface area contributed by atoms with Crippen molar-refractivity contribution < 1.29 is 13.9 Å². The number of aromatic nitrogens is 3. The first-order valence-electron chi connectivity index (χ1n) is 11.8. The zero-order valence-corrected chi connectivity index (χ0v) is 21.1. The molecule has 0 spiro atoms. The number of ether oxygens (including phenoxy) is 1. The third-order valence-electron chi connectivity index (χ3n) is 6.51. The van der Waals surface area contributed by atoms with Crippen LogP contribution in [0.1, 0.15) is 52.7 Å². The molecule has 0 radical (unpaired) electrons. The summed E-state index contributed by atoms with van der Waals surface area (Å²) in [5.41, 5.74) is -0.244. The fourth-order valence-electron chi connectivity index (χ4n) is 4.76. The highest BCUT2D eigenvalue weighted by Crippen LogP contribution is 2.47. The second-order valence-corrected chi connectivity index (χ2v) is 10.7. The summed E-state index contributed by atoms with van der Waals surface area (Å²) in [5, 5.41) is 9.31. The van der Waals surface area contributed by atoms with E-state index in [1.54, 1.807) is 23.2 Å². The van der Waals surface area contributed by atoms with Crippen molar-refractivity contribution >= 4 is 23.5 Å². The number of amides is 1. The molecule has 4 heterocycles. The Bertz CT molecular complexity index is 1160. The lowest BCUT2D eigenvalue weighted by Crippen LogP contribution is -2.59. The van der Waals surface area contributed by atoms with Gasteiger partial charge in [-0.25, -0.2) is 19.7 Å². The van der Waals surface area contributed by atoms with Gasteiger partial charge in [-0.15, -0.1) is 0 Å². The number of fused-ring (bicyclic) bond motifs is 1. The minimum Gasteiger partial charge on any atom is -0.444 e. The van der Waals surface area contributed by atoms with Crippen molar-refractivity contribution in [3.8, 4) is 6.07 Å². The maximum absolute atomic E-state index is 14.6. The number of carbonyl (C=O) groups is 1. The lowest BCUT2D eigenvalue weighted by atomic mass is 9.86. The number of nitriles is 1. The molecule has 10 heteroatoms. The number of anilines is 3. The van der Waals surface area contributed by atoms with Crippen LogP contribution < -0.4 is 9.80 Å². The zero-order valence-electron chi connectivity index (χ0n) is 21.1. The van der Waals surface area contributed by atoms with Gasteiger partial charge in [0.1, 0.15) is 36.1 Å².